The van der Waals surface area contributed by atoms with E-state index in [1.165, 1.54) is 0 Å². The summed E-state index contributed by atoms with van der Waals surface area (Å²) in [5.41, 5.74) is 0.942. The maximum absolute atomic E-state index is 9.82. The maximum Gasteiger partial charge on any atom is 0.122 e. The highest BCUT2D eigenvalue weighted by Gasteiger charge is 2.06. The first kappa shape index (κ1) is 14.9. The third-order valence-electron chi connectivity index (χ3n) is 2.83. The van der Waals surface area contributed by atoms with Crippen LogP contribution in [0.15, 0.2) is 54.6 Å². The van der Waals surface area contributed by atoms with Crippen LogP contribution >= 0.6 is 0 Å². The van der Waals surface area contributed by atoms with E-state index in [0.717, 1.165) is 11.3 Å². The molecule has 0 aliphatic rings. The van der Waals surface area contributed by atoms with Crippen molar-refractivity contribution in [2.24, 2.45) is 0 Å². The number of para-hydroxylation sites is 1. The normalized spacial score (nSPS) is 11.4. The summed E-state index contributed by atoms with van der Waals surface area (Å²) in [5, 5.41) is 18.4. The second-order valence-corrected chi connectivity index (χ2v) is 4.57. The highest BCUT2D eigenvalue weighted by atomic mass is 16.5. The van der Waals surface area contributed by atoms with Gasteiger partial charge in [0.2, 0.25) is 0 Å². The molecule has 1 unspecified atom stereocenters. The average molecular weight is 283 g/mol. The quantitative estimate of drug-likeness (QED) is 0.848. The Bertz CT molecular complexity index is 575. The highest BCUT2D eigenvalue weighted by molar-refractivity contribution is 5.28. The summed E-state index contributed by atoms with van der Waals surface area (Å²) < 4.78 is 10.9. The Labute approximate surface area is 124 Å². The smallest absolute Gasteiger partial charge is 0.122 e. The molecule has 2 rings (SSSR count). The Balaban J connectivity index is 1.73. The molecule has 0 heterocycles. The number of ether oxygens (including phenoxy) is 2. The topological polar surface area (TPSA) is 62.5 Å². The Hall–Kier alpha value is -2.51. The van der Waals surface area contributed by atoms with Crippen molar-refractivity contribution in [3.8, 4) is 17.6 Å². The number of nitrogens with zero attached hydrogens (tertiary/aromatic N) is 1. The van der Waals surface area contributed by atoms with E-state index < -0.39 is 6.10 Å². The molecule has 0 spiro atoms. The molecular weight excluding hydrogens is 266 g/mol. The number of nitriles is 1. The predicted octanol–water partition coefficient (Wildman–Crippen LogP) is 2.57. The molecule has 0 saturated carbocycles. The monoisotopic (exact) mass is 283 g/mol. The summed E-state index contributed by atoms with van der Waals surface area (Å²) in [7, 11) is 0. The maximum atomic E-state index is 9.82. The minimum atomic E-state index is -0.705. The van der Waals surface area contributed by atoms with E-state index in [0.29, 0.717) is 12.2 Å². The fraction of sp³-hybridized carbons (Fsp3) is 0.235. The Morgan fingerprint density at radius 2 is 1.48 bits per heavy atom. The fourth-order valence-electron chi connectivity index (χ4n) is 1.74. The second kappa shape index (κ2) is 7.93. The number of hydrogen-bond donors (Lipinski definition) is 1. The molecule has 2 aromatic rings. The van der Waals surface area contributed by atoms with Gasteiger partial charge in [-0.05, 0) is 29.8 Å². The van der Waals surface area contributed by atoms with Crippen LogP contribution in [0, 0.1) is 11.3 Å². The van der Waals surface area contributed by atoms with Gasteiger partial charge in [0.25, 0.3) is 0 Å². The number of aliphatic hydroxyl groups is 1. The van der Waals surface area contributed by atoms with E-state index >= 15 is 0 Å². The van der Waals surface area contributed by atoms with Crippen LogP contribution in [0.5, 0.6) is 11.5 Å². The largest absolute Gasteiger partial charge is 0.491 e. The van der Waals surface area contributed by atoms with Gasteiger partial charge in [0, 0.05) is 0 Å². The number of benzene rings is 2. The van der Waals surface area contributed by atoms with Crippen LogP contribution in [-0.4, -0.2) is 24.4 Å². The van der Waals surface area contributed by atoms with Gasteiger partial charge >= 0.3 is 0 Å². The van der Waals surface area contributed by atoms with Crippen molar-refractivity contribution in [2.75, 3.05) is 13.2 Å². The minimum Gasteiger partial charge on any atom is -0.491 e. The Morgan fingerprint density at radius 1 is 0.905 bits per heavy atom. The van der Waals surface area contributed by atoms with Gasteiger partial charge in [0.05, 0.1) is 12.5 Å². The number of hydrogen-bond acceptors (Lipinski definition) is 4. The molecule has 4 nitrogen and oxygen atoms in total. The SMILES string of the molecule is N#CCc1ccc(OCC(O)COc2ccccc2)cc1. The average Bonchev–Trinajstić information content (AvgIpc) is 2.53. The molecule has 0 aromatic heterocycles. The van der Waals surface area contributed by atoms with Crippen molar-refractivity contribution in [3.63, 3.8) is 0 Å². The molecule has 4 heteroatoms. The molecule has 0 aliphatic heterocycles. The summed E-state index contributed by atoms with van der Waals surface area (Å²) in [6.07, 6.45) is -0.322. The van der Waals surface area contributed by atoms with E-state index in [4.69, 9.17) is 14.7 Å². The van der Waals surface area contributed by atoms with Crippen molar-refractivity contribution in [3.05, 3.63) is 60.2 Å². The molecule has 0 fully saturated rings. The Morgan fingerprint density at radius 3 is 2.05 bits per heavy atom. The van der Waals surface area contributed by atoms with E-state index in [1.54, 1.807) is 12.1 Å². The third kappa shape index (κ3) is 5.17. The molecule has 1 N–H and O–H groups in total. The lowest BCUT2D eigenvalue weighted by Crippen LogP contribution is -2.25. The summed E-state index contributed by atoms with van der Waals surface area (Å²) in [6, 6.07) is 18.7. The van der Waals surface area contributed by atoms with Crippen molar-refractivity contribution >= 4 is 0 Å². The van der Waals surface area contributed by atoms with Crippen LogP contribution in [0.2, 0.25) is 0 Å². The highest BCUT2D eigenvalue weighted by Crippen LogP contribution is 2.13. The predicted molar refractivity (Wildman–Crippen MR) is 79.2 cm³/mol. The first-order valence-corrected chi connectivity index (χ1v) is 6.72. The van der Waals surface area contributed by atoms with Gasteiger partial charge in [-0.15, -0.1) is 0 Å². The summed E-state index contributed by atoms with van der Waals surface area (Å²) in [6.45, 7) is 0.334. The van der Waals surface area contributed by atoms with Crippen molar-refractivity contribution in [1.82, 2.24) is 0 Å². The van der Waals surface area contributed by atoms with Crippen LogP contribution in [0.25, 0.3) is 0 Å². The fourth-order valence-corrected chi connectivity index (χ4v) is 1.74. The zero-order valence-electron chi connectivity index (χ0n) is 11.6. The minimum absolute atomic E-state index is 0.157. The standard InChI is InChI=1S/C17H17NO3/c18-11-10-14-6-8-17(9-7-14)21-13-15(19)12-20-16-4-2-1-3-5-16/h1-9,15,19H,10,12-13H2. The van der Waals surface area contributed by atoms with Gasteiger partial charge in [-0.1, -0.05) is 30.3 Å². The summed E-state index contributed by atoms with van der Waals surface area (Å²) in [4.78, 5) is 0. The zero-order chi connectivity index (χ0) is 14.9. The zero-order valence-corrected chi connectivity index (χ0v) is 11.6. The lowest BCUT2D eigenvalue weighted by molar-refractivity contribution is 0.0626. The molecule has 0 radical (unpaired) electrons. The van der Waals surface area contributed by atoms with Gasteiger partial charge in [-0.25, -0.2) is 0 Å². The molecule has 0 bridgehead atoms. The number of aliphatic hydroxyl groups excluding tert-OH is 1. The van der Waals surface area contributed by atoms with Gasteiger partial charge in [0.1, 0.15) is 30.8 Å². The molecule has 1 atom stereocenters. The Kier molecular flexibility index (Phi) is 5.62. The molecule has 0 saturated heterocycles. The van der Waals surface area contributed by atoms with Gasteiger partial charge in [-0.3, -0.25) is 0 Å². The summed E-state index contributed by atoms with van der Waals surface area (Å²) >= 11 is 0. The molecule has 21 heavy (non-hydrogen) atoms. The van der Waals surface area contributed by atoms with Gasteiger partial charge < -0.3 is 14.6 Å². The van der Waals surface area contributed by atoms with Crippen LogP contribution in [0.1, 0.15) is 5.56 Å². The van der Waals surface area contributed by atoms with Gasteiger partial charge in [-0.2, -0.15) is 5.26 Å². The van der Waals surface area contributed by atoms with E-state index in [-0.39, 0.29) is 13.2 Å². The van der Waals surface area contributed by atoms with Crippen LogP contribution in [0.3, 0.4) is 0 Å². The molecular formula is C17H17NO3. The van der Waals surface area contributed by atoms with Crippen LogP contribution in [-0.2, 0) is 6.42 Å². The first-order chi connectivity index (χ1) is 10.3. The van der Waals surface area contributed by atoms with Crippen molar-refractivity contribution < 1.29 is 14.6 Å². The van der Waals surface area contributed by atoms with Gasteiger partial charge in [0.15, 0.2) is 0 Å². The molecule has 0 aliphatic carbocycles. The third-order valence-corrected chi connectivity index (χ3v) is 2.83. The first-order valence-electron chi connectivity index (χ1n) is 6.72. The van der Waals surface area contributed by atoms with E-state index in [2.05, 4.69) is 6.07 Å². The van der Waals surface area contributed by atoms with Crippen molar-refractivity contribution in [1.29, 1.82) is 5.26 Å². The summed E-state index contributed by atoms with van der Waals surface area (Å²) in [5.74, 6) is 1.38. The number of rotatable bonds is 7. The lowest BCUT2D eigenvalue weighted by atomic mass is 10.2. The molecule has 0 amide bonds. The lowest BCUT2D eigenvalue weighted by Gasteiger charge is -2.13. The molecule has 2 aromatic carbocycles. The van der Waals surface area contributed by atoms with Crippen molar-refractivity contribution in [2.45, 2.75) is 12.5 Å². The van der Waals surface area contributed by atoms with Crippen LogP contribution < -0.4 is 9.47 Å². The molecule has 108 valence electrons. The van der Waals surface area contributed by atoms with E-state index in [1.807, 2.05) is 42.5 Å². The second-order valence-electron chi connectivity index (χ2n) is 4.57. The van der Waals surface area contributed by atoms with Crippen LogP contribution in [0.4, 0.5) is 0 Å². The van der Waals surface area contributed by atoms with E-state index in [9.17, 15) is 5.11 Å².